The molecule has 0 bridgehead atoms. The van der Waals surface area contributed by atoms with E-state index >= 15 is 0 Å². The van der Waals surface area contributed by atoms with Gasteiger partial charge in [-0.1, -0.05) is 36.4 Å². The van der Waals surface area contributed by atoms with Crippen molar-refractivity contribution in [1.82, 2.24) is 0 Å². The van der Waals surface area contributed by atoms with E-state index in [-0.39, 0.29) is 5.56 Å². The fourth-order valence-electron chi connectivity index (χ4n) is 4.76. The second kappa shape index (κ2) is 8.29. The Balaban J connectivity index is 1.31. The molecule has 29 heavy (non-hydrogen) atoms. The lowest BCUT2D eigenvalue weighted by Crippen LogP contribution is -2.33. The molecule has 0 amide bonds. The molecule has 1 aliphatic carbocycles. The van der Waals surface area contributed by atoms with Crippen LogP contribution in [0.1, 0.15) is 42.7 Å². The van der Waals surface area contributed by atoms with Gasteiger partial charge in [-0.3, -0.25) is 0 Å². The highest BCUT2D eigenvalue weighted by Gasteiger charge is 2.39. The third-order valence-electron chi connectivity index (χ3n) is 6.43. The molecule has 2 aromatic rings. The van der Waals surface area contributed by atoms with E-state index in [2.05, 4.69) is 35.2 Å². The molecule has 2 nitrogen and oxygen atoms in total. The number of alkyl halides is 3. The van der Waals surface area contributed by atoms with Gasteiger partial charge < -0.3 is 9.64 Å². The predicted octanol–water partition coefficient (Wildman–Crippen LogP) is 6.21. The maximum Gasteiger partial charge on any atom is 0.393 e. The second-order valence-electron chi connectivity index (χ2n) is 8.47. The third-order valence-corrected chi connectivity index (χ3v) is 6.43. The molecule has 2 aliphatic rings. The van der Waals surface area contributed by atoms with Crippen LogP contribution in [0.25, 0.3) is 0 Å². The van der Waals surface area contributed by atoms with Crippen LogP contribution in [0.5, 0.6) is 5.75 Å². The van der Waals surface area contributed by atoms with Crippen LogP contribution >= 0.6 is 0 Å². The van der Waals surface area contributed by atoms with Crippen molar-refractivity contribution in [2.24, 2.45) is 11.8 Å². The number of rotatable bonds is 6. The molecular formula is C24H28F3NO. The zero-order chi connectivity index (χ0) is 20.4. The Labute approximate surface area is 170 Å². The number of ether oxygens (including phenoxy) is 1. The van der Waals surface area contributed by atoms with Gasteiger partial charge in [0.15, 0.2) is 0 Å². The first-order valence-corrected chi connectivity index (χ1v) is 10.5. The Kier molecular flexibility index (Phi) is 5.75. The molecular weight excluding hydrogens is 375 g/mol. The molecule has 0 N–H and O–H groups in total. The lowest BCUT2D eigenvalue weighted by molar-refractivity contribution is -0.127. The average Bonchev–Trinajstić information content (AvgIpc) is 3.47. The molecule has 0 unspecified atom stereocenters. The van der Waals surface area contributed by atoms with Gasteiger partial charge in [-0.15, -0.1) is 0 Å². The monoisotopic (exact) mass is 403 g/mol. The summed E-state index contributed by atoms with van der Waals surface area (Å²) in [5.74, 6) is 2.62. The molecule has 1 saturated heterocycles. The fourth-order valence-corrected chi connectivity index (χ4v) is 4.76. The number of hydrogen-bond acceptors (Lipinski definition) is 2. The smallest absolute Gasteiger partial charge is 0.393 e. The third kappa shape index (κ3) is 5.06. The SMILES string of the molecule is COc1cc(N2CCC(C[C@@H]3C[C@H]3c3ccccc3)CC2)ccc1CC(F)(F)F. The van der Waals surface area contributed by atoms with E-state index in [1.807, 2.05) is 0 Å². The highest BCUT2D eigenvalue weighted by molar-refractivity contribution is 5.54. The molecule has 1 heterocycles. The lowest BCUT2D eigenvalue weighted by atomic mass is 9.90. The van der Waals surface area contributed by atoms with Gasteiger partial charge in [0.1, 0.15) is 5.75 Å². The summed E-state index contributed by atoms with van der Waals surface area (Å²) in [6, 6.07) is 15.9. The van der Waals surface area contributed by atoms with Gasteiger partial charge in [0.2, 0.25) is 0 Å². The van der Waals surface area contributed by atoms with Crippen LogP contribution in [0.3, 0.4) is 0 Å². The van der Waals surface area contributed by atoms with Crippen LogP contribution in [0, 0.1) is 11.8 Å². The molecule has 2 fully saturated rings. The van der Waals surface area contributed by atoms with E-state index in [0.717, 1.165) is 49.4 Å². The van der Waals surface area contributed by atoms with Crippen molar-refractivity contribution in [2.45, 2.75) is 44.2 Å². The van der Waals surface area contributed by atoms with Gasteiger partial charge in [0, 0.05) is 30.4 Å². The highest BCUT2D eigenvalue weighted by atomic mass is 19.4. The van der Waals surface area contributed by atoms with Crippen molar-refractivity contribution < 1.29 is 17.9 Å². The maximum atomic E-state index is 12.7. The van der Waals surface area contributed by atoms with Crippen LogP contribution in [-0.4, -0.2) is 26.4 Å². The number of halogens is 3. The molecule has 1 aliphatic heterocycles. The average molecular weight is 403 g/mol. The van der Waals surface area contributed by atoms with E-state index in [0.29, 0.717) is 5.75 Å². The standard InChI is InChI=1S/C24H28F3NO/c1-29-23-15-21(8-7-19(23)16-24(25,26)27)28-11-9-17(10-12-28)13-20-14-22(20)18-5-3-2-4-6-18/h2-8,15,17,20,22H,9-14,16H2,1H3/t20-,22+/m1/s1. The summed E-state index contributed by atoms with van der Waals surface area (Å²) < 4.78 is 43.4. The Hall–Kier alpha value is -2.17. The molecule has 5 heteroatoms. The van der Waals surface area contributed by atoms with E-state index < -0.39 is 12.6 Å². The molecule has 0 aromatic heterocycles. The van der Waals surface area contributed by atoms with Crippen molar-refractivity contribution in [3.05, 3.63) is 59.7 Å². The quantitative estimate of drug-likeness (QED) is 0.568. The van der Waals surface area contributed by atoms with Crippen LogP contribution in [0.15, 0.2) is 48.5 Å². The van der Waals surface area contributed by atoms with Crippen molar-refractivity contribution >= 4 is 5.69 Å². The summed E-state index contributed by atoms with van der Waals surface area (Å²) >= 11 is 0. The van der Waals surface area contributed by atoms with Crippen molar-refractivity contribution in [3.8, 4) is 5.75 Å². The van der Waals surface area contributed by atoms with Gasteiger partial charge in [-0.2, -0.15) is 13.2 Å². The van der Waals surface area contributed by atoms with E-state index in [1.54, 1.807) is 18.2 Å². The van der Waals surface area contributed by atoms with Crippen LogP contribution in [-0.2, 0) is 6.42 Å². The summed E-state index contributed by atoms with van der Waals surface area (Å²) in [7, 11) is 1.43. The lowest BCUT2D eigenvalue weighted by Gasteiger charge is -2.34. The first kappa shape index (κ1) is 20.1. The molecule has 0 radical (unpaired) electrons. The number of benzene rings is 2. The van der Waals surface area contributed by atoms with Crippen molar-refractivity contribution in [1.29, 1.82) is 0 Å². The summed E-state index contributed by atoms with van der Waals surface area (Å²) in [4.78, 5) is 2.28. The minimum Gasteiger partial charge on any atom is -0.496 e. The Bertz CT molecular complexity index is 813. The molecule has 156 valence electrons. The van der Waals surface area contributed by atoms with Gasteiger partial charge >= 0.3 is 6.18 Å². The Morgan fingerprint density at radius 3 is 2.41 bits per heavy atom. The van der Waals surface area contributed by atoms with E-state index in [4.69, 9.17) is 4.74 Å². The summed E-state index contributed by atoms with van der Waals surface area (Å²) in [5, 5.41) is 0. The van der Waals surface area contributed by atoms with Gasteiger partial charge in [0.05, 0.1) is 13.5 Å². The Morgan fingerprint density at radius 1 is 1.03 bits per heavy atom. The summed E-state index contributed by atoms with van der Waals surface area (Å²) in [6.45, 7) is 1.91. The largest absolute Gasteiger partial charge is 0.496 e. The molecule has 4 rings (SSSR count). The number of hydrogen-bond donors (Lipinski definition) is 0. The topological polar surface area (TPSA) is 12.5 Å². The second-order valence-corrected chi connectivity index (χ2v) is 8.47. The number of nitrogens with zero attached hydrogens (tertiary/aromatic N) is 1. The normalized spacial score (nSPS) is 22.6. The molecule has 2 atom stereocenters. The van der Waals surface area contributed by atoms with Crippen molar-refractivity contribution in [3.63, 3.8) is 0 Å². The summed E-state index contributed by atoms with van der Waals surface area (Å²) in [6.07, 6.45) is -0.297. The zero-order valence-electron chi connectivity index (χ0n) is 16.8. The Morgan fingerprint density at radius 2 is 1.76 bits per heavy atom. The highest BCUT2D eigenvalue weighted by Crippen LogP contribution is 2.51. The molecule has 1 saturated carbocycles. The van der Waals surface area contributed by atoms with Crippen LogP contribution < -0.4 is 9.64 Å². The summed E-state index contributed by atoms with van der Waals surface area (Å²) in [5.41, 5.74) is 2.63. The molecule has 2 aromatic carbocycles. The molecule has 0 spiro atoms. The van der Waals surface area contributed by atoms with Gasteiger partial charge in [0.25, 0.3) is 0 Å². The van der Waals surface area contributed by atoms with Crippen LogP contribution in [0.4, 0.5) is 18.9 Å². The zero-order valence-corrected chi connectivity index (χ0v) is 16.8. The number of methoxy groups -OCH3 is 1. The maximum absolute atomic E-state index is 12.7. The minimum atomic E-state index is -4.23. The van der Waals surface area contributed by atoms with Gasteiger partial charge in [-0.05, 0) is 55.1 Å². The predicted molar refractivity (Wildman–Crippen MR) is 110 cm³/mol. The van der Waals surface area contributed by atoms with Crippen molar-refractivity contribution in [2.75, 3.05) is 25.1 Å². The van der Waals surface area contributed by atoms with E-state index in [1.165, 1.54) is 25.5 Å². The van der Waals surface area contributed by atoms with E-state index in [9.17, 15) is 13.2 Å². The number of piperidine rings is 1. The first-order valence-electron chi connectivity index (χ1n) is 10.5. The van der Waals surface area contributed by atoms with Crippen LogP contribution in [0.2, 0.25) is 0 Å². The number of anilines is 1. The minimum absolute atomic E-state index is 0.194. The fraction of sp³-hybridized carbons (Fsp3) is 0.500. The van der Waals surface area contributed by atoms with Gasteiger partial charge in [-0.25, -0.2) is 0 Å². The first-order chi connectivity index (χ1) is 13.9.